The zero-order valence-electron chi connectivity index (χ0n) is 16.1. The Morgan fingerprint density at radius 2 is 2.04 bits per heavy atom. The Kier molecular flexibility index (Phi) is 7.09. The molecule has 1 saturated heterocycles. The first-order valence-corrected chi connectivity index (χ1v) is 9.60. The van der Waals surface area contributed by atoms with Crippen LogP contribution in [-0.2, 0) is 18.9 Å². The first-order valence-electron chi connectivity index (χ1n) is 8.55. The van der Waals surface area contributed by atoms with Gasteiger partial charge in [-0.2, -0.15) is 0 Å². The Bertz CT molecular complexity index is 716. The monoisotopic (exact) mass is 388 g/mol. The van der Waals surface area contributed by atoms with Gasteiger partial charge in [0.25, 0.3) is 5.56 Å². The van der Waals surface area contributed by atoms with Gasteiger partial charge in [-0.15, -0.1) is 11.8 Å². The number of nitrogens with zero attached hydrogens (tertiary/aromatic N) is 1. The topological polar surface area (TPSA) is 91.8 Å². The van der Waals surface area contributed by atoms with Gasteiger partial charge in [-0.25, -0.2) is 4.79 Å². The Balaban J connectivity index is 2.44. The van der Waals surface area contributed by atoms with Crippen LogP contribution in [0, 0.1) is 6.92 Å². The van der Waals surface area contributed by atoms with E-state index in [1.807, 2.05) is 20.8 Å². The van der Waals surface area contributed by atoms with E-state index in [0.29, 0.717) is 12.2 Å². The number of ether oxygens (including phenoxy) is 4. The molecule has 4 atom stereocenters. The van der Waals surface area contributed by atoms with Gasteiger partial charge in [-0.3, -0.25) is 14.3 Å². The van der Waals surface area contributed by atoms with Gasteiger partial charge < -0.3 is 18.9 Å². The highest BCUT2D eigenvalue weighted by Gasteiger charge is 2.48. The molecule has 9 heteroatoms. The molecule has 1 aromatic heterocycles. The third kappa shape index (κ3) is 4.58. The van der Waals surface area contributed by atoms with Crippen molar-refractivity contribution in [3.8, 4) is 0 Å². The molecule has 1 fully saturated rings. The SMILES string of the molecule is CCS[C@@H]([C@H](OC)[C@H]1OC(C)(C)O[C@@H]1COC)n1cc(C)c(=O)[nH]c1=O. The number of aromatic amines is 1. The molecule has 2 rings (SSSR count). The Morgan fingerprint density at radius 3 is 2.62 bits per heavy atom. The van der Waals surface area contributed by atoms with Crippen LogP contribution in [0.15, 0.2) is 15.8 Å². The third-order valence-corrected chi connectivity index (χ3v) is 5.36. The van der Waals surface area contributed by atoms with Crippen LogP contribution >= 0.6 is 11.8 Å². The maximum absolute atomic E-state index is 12.4. The van der Waals surface area contributed by atoms with Gasteiger partial charge in [-0.1, -0.05) is 6.92 Å². The molecule has 8 nitrogen and oxygen atoms in total. The molecule has 0 saturated carbocycles. The van der Waals surface area contributed by atoms with E-state index < -0.39 is 29.1 Å². The molecule has 0 amide bonds. The molecule has 0 aromatic carbocycles. The number of methoxy groups -OCH3 is 2. The number of hydrogen-bond donors (Lipinski definition) is 1. The maximum Gasteiger partial charge on any atom is 0.329 e. The van der Waals surface area contributed by atoms with E-state index in [2.05, 4.69) is 4.98 Å². The van der Waals surface area contributed by atoms with E-state index in [1.165, 1.54) is 16.3 Å². The van der Waals surface area contributed by atoms with Crippen LogP contribution in [0.3, 0.4) is 0 Å². The zero-order chi connectivity index (χ0) is 19.5. The normalized spacial score (nSPS) is 24.5. The van der Waals surface area contributed by atoms with E-state index in [4.69, 9.17) is 18.9 Å². The molecule has 1 aliphatic rings. The number of thioether (sulfide) groups is 1. The fourth-order valence-electron chi connectivity index (χ4n) is 3.13. The van der Waals surface area contributed by atoms with Crippen molar-refractivity contribution in [2.45, 2.75) is 57.2 Å². The van der Waals surface area contributed by atoms with Crippen molar-refractivity contribution in [2.75, 3.05) is 26.6 Å². The van der Waals surface area contributed by atoms with E-state index in [-0.39, 0.29) is 11.7 Å². The van der Waals surface area contributed by atoms with Gasteiger partial charge in [0, 0.05) is 26.0 Å². The smallest absolute Gasteiger partial charge is 0.329 e. The quantitative estimate of drug-likeness (QED) is 0.717. The molecule has 0 bridgehead atoms. The summed E-state index contributed by atoms with van der Waals surface area (Å²) in [6.45, 7) is 7.67. The number of aryl methyl sites for hydroxylation is 1. The minimum Gasteiger partial charge on any atom is -0.382 e. The van der Waals surface area contributed by atoms with E-state index in [0.717, 1.165) is 5.75 Å². The largest absolute Gasteiger partial charge is 0.382 e. The fraction of sp³-hybridized carbons (Fsp3) is 0.765. The first kappa shape index (κ1) is 21.2. The average molecular weight is 388 g/mol. The average Bonchev–Trinajstić information content (AvgIpc) is 2.86. The summed E-state index contributed by atoms with van der Waals surface area (Å²) in [5, 5.41) is -0.394. The first-order chi connectivity index (χ1) is 12.2. The van der Waals surface area contributed by atoms with E-state index >= 15 is 0 Å². The lowest BCUT2D eigenvalue weighted by Crippen LogP contribution is -2.46. The molecule has 0 unspecified atom stereocenters. The van der Waals surface area contributed by atoms with E-state index in [9.17, 15) is 9.59 Å². The highest BCUT2D eigenvalue weighted by atomic mass is 32.2. The summed E-state index contributed by atoms with van der Waals surface area (Å²) in [6.07, 6.45) is 0.315. The van der Waals surface area contributed by atoms with Crippen molar-refractivity contribution in [1.29, 1.82) is 0 Å². The predicted molar refractivity (Wildman–Crippen MR) is 99.7 cm³/mol. The summed E-state index contributed by atoms with van der Waals surface area (Å²) < 4.78 is 24.5. The van der Waals surface area contributed by atoms with Gasteiger partial charge in [-0.05, 0) is 26.5 Å². The lowest BCUT2D eigenvalue weighted by atomic mass is 10.1. The van der Waals surface area contributed by atoms with Gasteiger partial charge >= 0.3 is 5.69 Å². The number of rotatable bonds is 8. The van der Waals surface area contributed by atoms with Crippen molar-refractivity contribution >= 4 is 11.8 Å². The fourth-order valence-corrected chi connectivity index (χ4v) is 4.24. The molecule has 2 heterocycles. The lowest BCUT2D eigenvalue weighted by molar-refractivity contribution is -0.160. The maximum atomic E-state index is 12.4. The summed E-state index contributed by atoms with van der Waals surface area (Å²) in [4.78, 5) is 26.5. The van der Waals surface area contributed by atoms with Gasteiger partial charge in [0.2, 0.25) is 0 Å². The van der Waals surface area contributed by atoms with Crippen molar-refractivity contribution in [3.63, 3.8) is 0 Å². The van der Waals surface area contributed by atoms with Crippen molar-refractivity contribution in [2.24, 2.45) is 0 Å². The molecule has 0 radical (unpaired) electrons. The van der Waals surface area contributed by atoms with Crippen molar-refractivity contribution < 1.29 is 18.9 Å². The molecule has 1 aliphatic heterocycles. The van der Waals surface area contributed by atoms with Gasteiger partial charge in [0.05, 0.1) is 6.61 Å². The number of aromatic nitrogens is 2. The van der Waals surface area contributed by atoms with Crippen LogP contribution in [0.4, 0.5) is 0 Å². The Hall–Kier alpha value is -1.13. The predicted octanol–water partition coefficient (Wildman–Crippen LogP) is 1.28. The van der Waals surface area contributed by atoms with Gasteiger partial charge in [0.1, 0.15) is 23.7 Å². The number of hydrogen-bond acceptors (Lipinski definition) is 7. The molecular formula is C17H28N2O6S. The molecule has 0 aliphatic carbocycles. The summed E-state index contributed by atoms with van der Waals surface area (Å²) in [5.41, 5.74) is -0.409. The second kappa shape index (κ2) is 8.71. The summed E-state index contributed by atoms with van der Waals surface area (Å²) in [6, 6.07) is 0. The van der Waals surface area contributed by atoms with Crippen molar-refractivity contribution in [1.82, 2.24) is 9.55 Å². The third-order valence-electron chi connectivity index (χ3n) is 4.19. The summed E-state index contributed by atoms with van der Waals surface area (Å²) >= 11 is 1.54. The van der Waals surface area contributed by atoms with Crippen LogP contribution in [0.1, 0.15) is 31.7 Å². The highest BCUT2D eigenvalue weighted by Crippen LogP contribution is 2.37. The van der Waals surface area contributed by atoms with Crippen LogP contribution in [0.5, 0.6) is 0 Å². The molecule has 0 spiro atoms. The molecule has 148 valence electrons. The molecular weight excluding hydrogens is 360 g/mol. The summed E-state index contributed by atoms with van der Waals surface area (Å²) in [7, 11) is 3.18. The minimum absolute atomic E-state index is 0.334. The number of H-pyrrole nitrogens is 1. The number of nitrogens with one attached hydrogen (secondary N) is 1. The van der Waals surface area contributed by atoms with Crippen LogP contribution in [0.2, 0.25) is 0 Å². The molecule has 1 aromatic rings. The molecule has 1 N–H and O–H groups in total. The van der Waals surface area contributed by atoms with Crippen LogP contribution < -0.4 is 11.2 Å². The van der Waals surface area contributed by atoms with Crippen LogP contribution in [0.25, 0.3) is 0 Å². The second-order valence-electron chi connectivity index (χ2n) is 6.62. The Labute approximate surface area is 157 Å². The highest BCUT2D eigenvalue weighted by molar-refractivity contribution is 7.99. The van der Waals surface area contributed by atoms with Crippen molar-refractivity contribution in [3.05, 3.63) is 32.6 Å². The van der Waals surface area contributed by atoms with E-state index in [1.54, 1.807) is 27.3 Å². The van der Waals surface area contributed by atoms with Gasteiger partial charge in [0.15, 0.2) is 5.79 Å². The summed E-state index contributed by atoms with van der Waals surface area (Å²) in [5.74, 6) is -0.0288. The zero-order valence-corrected chi connectivity index (χ0v) is 16.9. The lowest BCUT2D eigenvalue weighted by Gasteiger charge is -2.32. The Morgan fingerprint density at radius 1 is 1.35 bits per heavy atom. The van der Waals surface area contributed by atoms with Crippen LogP contribution in [-0.4, -0.2) is 60.2 Å². The standard InChI is InChI=1S/C17H28N2O6S/c1-7-26-15(19-8-10(2)14(20)18-16(19)21)13(23-6)12-11(9-22-5)24-17(3,4)25-12/h8,11-13,15H,7,9H2,1-6H3,(H,18,20,21)/t11-,12+,13-,15+/m1/s1. The minimum atomic E-state index is -0.780. The molecule has 26 heavy (non-hydrogen) atoms. The second-order valence-corrected chi connectivity index (χ2v) is 8.01.